The van der Waals surface area contributed by atoms with Crippen LogP contribution in [0.1, 0.15) is 45.4 Å². The van der Waals surface area contributed by atoms with Crippen molar-refractivity contribution in [3.8, 4) is 5.75 Å². The Morgan fingerprint density at radius 2 is 2.07 bits per heavy atom. The van der Waals surface area contributed by atoms with Gasteiger partial charge in [-0.25, -0.2) is 0 Å². The van der Waals surface area contributed by atoms with Gasteiger partial charge < -0.3 is 19.2 Å². The molecule has 4 rings (SSSR count). The molecule has 0 atom stereocenters. The quantitative estimate of drug-likeness (QED) is 0.732. The Morgan fingerprint density at radius 3 is 2.90 bits per heavy atom. The maximum atomic E-state index is 12.5. The highest BCUT2D eigenvalue weighted by Crippen LogP contribution is 2.34. The summed E-state index contributed by atoms with van der Waals surface area (Å²) < 4.78 is 16.4. The first-order valence-electron chi connectivity index (χ1n) is 10.3. The second kappa shape index (κ2) is 9.11. The molecule has 2 aliphatic rings. The number of amides is 1. The number of para-hydroxylation sites is 1. The predicted molar refractivity (Wildman–Crippen MR) is 111 cm³/mol. The Bertz CT molecular complexity index is 988. The van der Waals surface area contributed by atoms with Crippen LogP contribution in [0.15, 0.2) is 45.1 Å². The lowest BCUT2D eigenvalue weighted by Gasteiger charge is -2.34. The van der Waals surface area contributed by atoms with Crippen LogP contribution in [0.5, 0.6) is 5.75 Å². The van der Waals surface area contributed by atoms with Crippen molar-refractivity contribution in [3.63, 3.8) is 0 Å². The maximum absolute atomic E-state index is 12.5. The molecule has 0 saturated heterocycles. The summed E-state index contributed by atoms with van der Waals surface area (Å²) in [5.41, 5.74) is 1.41. The second-order valence-corrected chi connectivity index (χ2v) is 7.54. The van der Waals surface area contributed by atoms with Crippen molar-refractivity contribution in [1.82, 2.24) is 5.32 Å². The van der Waals surface area contributed by atoms with Gasteiger partial charge in [-0.15, -0.1) is 5.10 Å². The van der Waals surface area contributed by atoms with Gasteiger partial charge in [0.2, 0.25) is 5.91 Å². The minimum Gasteiger partial charge on any atom is -0.486 e. The normalized spacial score (nSPS) is 21.1. The summed E-state index contributed by atoms with van der Waals surface area (Å²) in [6, 6.07) is 7.67. The Kier molecular flexibility index (Phi) is 6.11. The highest BCUT2D eigenvalue weighted by molar-refractivity contribution is 6.02. The van der Waals surface area contributed by atoms with E-state index in [0.717, 1.165) is 17.4 Å². The number of esters is 1. The molecule has 0 radical (unpaired) electrons. The molecule has 1 amide bonds. The molecule has 1 N–H and O–H groups in total. The van der Waals surface area contributed by atoms with Crippen LogP contribution in [0.2, 0.25) is 0 Å². The molecule has 1 saturated carbocycles. The lowest BCUT2D eigenvalue weighted by molar-refractivity contribution is -0.141. The zero-order valence-electron chi connectivity index (χ0n) is 16.9. The van der Waals surface area contributed by atoms with Gasteiger partial charge in [0.25, 0.3) is 0 Å². The van der Waals surface area contributed by atoms with Crippen molar-refractivity contribution >= 4 is 34.4 Å². The van der Waals surface area contributed by atoms with E-state index in [1.54, 1.807) is 13.2 Å². The van der Waals surface area contributed by atoms with Crippen LogP contribution in [0.4, 0.5) is 0 Å². The minimum absolute atomic E-state index is 0.0123. The first kappa shape index (κ1) is 20.1. The van der Waals surface area contributed by atoms with Gasteiger partial charge in [-0.1, -0.05) is 12.1 Å². The van der Waals surface area contributed by atoms with E-state index < -0.39 is 0 Å². The molecule has 1 aromatic carbocycles. The summed E-state index contributed by atoms with van der Waals surface area (Å²) in [5.74, 6) is 0.778. The minimum atomic E-state index is -0.301. The lowest BCUT2D eigenvalue weighted by atomic mass is 9.81. The molecule has 1 aliphatic heterocycles. The second-order valence-electron chi connectivity index (χ2n) is 7.54. The number of benzene rings is 1. The zero-order valence-corrected chi connectivity index (χ0v) is 16.9. The molecule has 8 nitrogen and oxygen atoms in total. The number of ether oxygens (including phenoxy) is 2. The molecule has 158 valence electrons. The molecule has 1 aliphatic carbocycles. The Hall–Kier alpha value is -3.16. The number of rotatable bonds is 6. The first-order valence-corrected chi connectivity index (χ1v) is 10.3. The number of hydrogen-bond donors (Lipinski definition) is 1. The van der Waals surface area contributed by atoms with E-state index >= 15 is 0 Å². The van der Waals surface area contributed by atoms with Crippen molar-refractivity contribution < 1.29 is 23.5 Å². The molecule has 8 heteroatoms. The van der Waals surface area contributed by atoms with E-state index in [1.807, 2.05) is 24.3 Å². The summed E-state index contributed by atoms with van der Waals surface area (Å²) in [4.78, 5) is 24.1. The fourth-order valence-electron chi connectivity index (χ4n) is 3.64. The summed E-state index contributed by atoms with van der Waals surface area (Å²) in [7, 11) is 0. The molecule has 0 bridgehead atoms. The topological polar surface area (TPSA) is 102 Å². The van der Waals surface area contributed by atoms with Gasteiger partial charge in [0, 0.05) is 17.7 Å². The van der Waals surface area contributed by atoms with E-state index in [4.69, 9.17) is 13.9 Å². The van der Waals surface area contributed by atoms with Crippen molar-refractivity contribution in [2.24, 2.45) is 16.1 Å². The molecule has 1 aromatic heterocycles. The SMILES string of the molecule is CCOC(=O)CC1=NN=C(NC(=O)C2CC(Oc3cccc4ccoc34)C2)CCC1. The standard InChI is InChI=1S/C22H25N3O5/c1-2-28-20(26)13-16-6-4-8-19(25-24-16)23-22(27)15-11-17(12-15)30-18-7-3-5-14-9-10-29-21(14)18/h3,5,7,9-10,15,17H,2,4,6,8,11-13H2,1H3,(H,23,25,27). The van der Waals surface area contributed by atoms with E-state index in [9.17, 15) is 9.59 Å². The highest BCUT2D eigenvalue weighted by Gasteiger charge is 2.37. The first-order chi connectivity index (χ1) is 14.6. The van der Waals surface area contributed by atoms with Crippen LogP contribution in [0.25, 0.3) is 11.0 Å². The number of fused-ring (bicyclic) bond motifs is 1. The summed E-state index contributed by atoms with van der Waals surface area (Å²) in [6.45, 7) is 2.12. The summed E-state index contributed by atoms with van der Waals surface area (Å²) in [5, 5.41) is 12.1. The van der Waals surface area contributed by atoms with Crippen molar-refractivity contribution in [3.05, 3.63) is 30.5 Å². The van der Waals surface area contributed by atoms with Crippen LogP contribution < -0.4 is 10.1 Å². The highest BCUT2D eigenvalue weighted by atomic mass is 16.5. The predicted octanol–water partition coefficient (Wildman–Crippen LogP) is 3.60. The molecular formula is C22H25N3O5. The monoisotopic (exact) mass is 411 g/mol. The van der Waals surface area contributed by atoms with Gasteiger partial charge in [0.1, 0.15) is 11.9 Å². The number of nitrogens with one attached hydrogen (secondary N) is 1. The van der Waals surface area contributed by atoms with E-state index in [2.05, 4.69) is 15.5 Å². The number of nitrogens with zero attached hydrogens (tertiary/aromatic N) is 2. The Balaban J connectivity index is 1.27. The molecular weight excluding hydrogens is 386 g/mol. The maximum Gasteiger partial charge on any atom is 0.311 e. The van der Waals surface area contributed by atoms with Crippen molar-refractivity contribution in [1.29, 1.82) is 0 Å². The number of carbonyl (C=O) groups is 2. The van der Waals surface area contributed by atoms with E-state index in [-0.39, 0.29) is 30.3 Å². The number of hydrogen-bond acceptors (Lipinski definition) is 7. The van der Waals surface area contributed by atoms with Gasteiger partial charge in [0.05, 0.1) is 25.0 Å². The fourth-order valence-corrected chi connectivity index (χ4v) is 3.64. The van der Waals surface area contributed by atoms with Crippen molar-refractivity contribution in [2.45, 2.75) is 51.6 Å². The van der Waals surface area contributed by atoms with Crippen LogP contribution >= 0.6 is 0 Å². The van der Waals surface area contributed by atoms with Gasteiger partial charge in [0.15, 0.2) is 11.3 Å². The third-order valence-corrected chi connectivity index (χ3v) is 5.31. The number of carbonyl (C=O) groups excluding carboxylic acids is 2. The molecule has 0 spiro atoms. The number of furan rings is 1. The third-order valence-electron chi connectivity index (χ3n) is 5.31. The van der Waals surface area contributed by atoms with Gasteiger partial charge in [-0.05, 0) is 44.7 Å². The third kappa shape index (κ3) is 4.69. The van der Waals surface area contributed by atoms with E-state index in [0.29, 0.717) is 49.6 Å². The molecule has 1 fully saturated rings. The van der Waals surface area contributed by atoms with Crippen LogP contribution in [-0.2, 0) is 14.3 Å². The average Bonchev–Trinajstić information content (AvgIpc) is 3.07. The molecule has 2 heterocycles. The Labute approximate surface area is 174 Å². The molecule has 2 aromatic rings. The van der Waals surface area contributed by atoms with Crippen LogP contribution in [-0.4, -0.2) is 36.1 Å². The fraction of sp³-hybridized carbons (Fsp3) is 0.455. The van der Waals surface area contributed by atoms with Crippen molar-refractivity contribution in [2.75, 3.05) is 6.61 Å². The smallest absolute Gasteiger partial charge is 0.311 e. The molecule has 30 heavy (non-hydrogen) atoms. The van der Waals surface area contributed by atoms with Gasteiger partial charge in [-0.2, -0.15) is 5.10 Å². The zero-order chi connectivity index (χ0) is 20.9. The van der Waals surface area contributed by atoms with E-state index in [1.165, 1.54) is 0 Å². The van der Waals surface area contributed by atoms with Gasteiger partial charge in [-0.3, -0.25) is 9.59 Å². The van der Waals surface area contributed by atoms with Crippen LogP contribution in [0.3, 0.4) is 0 Å². The van der Waals surface area contributed by atoms with Gasteiger partial charge >= 0.3 is 5.97 Å². The molecule has 0 unspecified atom stereocenters. The Morgan fingerprint density at radius 1 is 1.20 bits per heavy atom. The summed E-state index contributed by atoms with van der Waals surface area (Å²) in [6.07, 6.45) is 5.13. The largest absolute Gasteiger partial charge is 0.486 e. The summed E-state index contributed by atoms with van der Waals surface area (Å²) >= 11 is 0. The number of amidine groups is 1. The van der Waals surface area contributed by atoms with Crippen LogP contribution in [0, 0.1) is 5.92 Å². The average molecular weight is 411 g/mol. The lowest BCUT2D eigenvalue weighted by Crippen LogP contribution is -2.45.